The minimum Gasteiger partial charge on any atom is -0.465 e. The Kier molecular flexibility index (Phi) is 9.47. The van der Waals surface area contributed by atoms with Crippen molar-refractivity contribution in [2.75, 3.05) is 20.3 Å². The monoisotopic (exact) mass is 487 g/mol. The molecule has 10 nitrogen and oxygen atoms in total. The Bertz CT molecular complexity index is 1050. The summed E-state index contributed by atoms with van der Waals surface area (Å²) >= 11 is 0. The molecule has 0 fully saturated rings. The van der Waals surface area contributed by atoms with Crippen LogP contribution >= 0.6 is 0 Å². The number of hydrogen-bond donors (Lipinski definition) is 1. The molecule has 10 heteroatoms. The average Bonchev–Trinajstić information content (AvgIpc) is 2.86. The highest BCUT2D eigenvalue weighted by atomic mass is 16.6. The predicted octanol–water partition coefficient (Wildman–Crippen LogP) is 3.72. The third-order valence-electron chi connectivity index (χ3n) is 5.67. The number of benzene rings is 2. The number of carbonyl (C=O) groups is 3. The topological polar surface area (TPSA) is 142 Å². The van der Waals surface area contributed by atoms with Crippen molar-refractivity contribution in [1.29, 1.82) is 0 Å². The van der Waals surface area contributed by atoms with Crippen LogP contribution < -0.4 is 0 Å². The fraction of sp³-hybridized carbons (Fsp3) is 0.400. The summed E-state index contributed by atoms with van der Waals surface area (Å²) in [6.07, 6.45) is -1.72. The lowest BCUT2D eigenvalue weighted by Gasteiger charge is -2.32. The fourth-order valence-corrected chi connectivity index (χ4v) is 3.80. The molecule has 188 valence electrons. The highest BCUT2D eigenvalue weighted by Crippen LogP contribution is 2.44. The SMILES string of the molecule is CCOC(=O)C(C)(CC(c1ccccc1[N+](=O)[O-])C(O)c1ccc(C(=O)OC)cc1)C(=O)OCC. The van der Waals surface area contributed by atoms with Crippen molar-refractivity contribution >= 4 is 23.6 Å². The normalized spacial score (nSPS) is 12.8. The molecule has 35 heavy (non-hydrogen) atoms. The largest absolute Gasteiger partial charge is 0.465 e. The maximum Gasteiger partial charge on any atom is 0.337 e. The van der Waals surface area contributed by atoms with E-state index in [1.54, 1.807) is 19.9 Å². The Balaban J connectivity index is 2.63. The van der Waals surface area contributed by atoms with Crippen molar-refractivity contribution in [3.8, 4) is 0 Å². The van der Waals surface area contributed by atoms with Crippen molar-refractivity contribution in [2.24, 2.45) is 5.41 Å². The zero-order valence-electron chi connectivity index (χ0n) is 20.1. The molecular weight excluding hydrogens is 458 g/mol. The first-order valence-electron chi connectivity index (χ1n) is 11.0. The number of aliphatic hydroxyl groups excluding tert-OH is 1. The second kappa shape index (κ2) is 12.1. The number of carbonyl (C=O) groups excluding carboxylic acids is 3. The van der Waals surface area contributed by atoms with Crippen LogP contribution in [0.5, 0.6) is 0 Å². The molecule has 0 aliphatic carbocycles. The van der Waals surface area contributed by atoms with E-state index in [0.29, 0.717) is 5.56 Å². The molecule has 0 saturated carbocycles. The van der Waals surface area contributed by atoms with Gasteiger partial charge >= 0.3 is 17.9 Å². The van der Waals surface area contributed by atoms with Crippen molar-refractivity contribution in [2.45, 2.75) is 39.2 Å². The van der Waals surface area contributed by atoms with E-state index in [2.05, 4.69) is 4.74 Å². The molecular formula is C25H29NO9. The van der Waals surface area contributed by atoms with E-state index < -0.39 is 40.3 Å². The van der Waals surface area contributed by atoms with E-state index in [1.165, 1.54) is 56.5 Å². The predicted molar refractivity (Wildman–Crippen MR) is 125 cm³/mol. The third kappa shape index (κ3) is 6.21. The summed E-state index contributed by atoms with van der Waals surface area (Å²) in [7, 11) is 1.24. The second-order valence-corrected chi connectivity index (χ2v) is 7.96. The molecule has 0 heterocycles. The van der Waals surface area contributed by atoms with E-state index in [1.807, 2.05) is 0 Å². The lowest BCUT2D eigenvalue weighted by molar-refractivity contribution is -0.385. The fourth-order valence-electron chi connectivity index (χ4n) is 3.80. The number of hydrogen-bond acceptors (Lipinski definition) is 9. The smallest absolute Gasteiger partial charge is 0.337 e. The van der Waals surface area contributed by atoms with Crippen molar-refractivity contribution in [1.82, 2.24) is 0 Å². The number of esters is 3. The van der Waals surface area contributed by atoms with Gasteiger partial charge in [-0.1, -0.05) is 30.3 Å². The van der Waals surface area contributed by atoms with Gasteiger partial charge in [0.1, 0.15) is 0 Å². The van der Waals surface area contributed by atoms with Crippen molar-refractivity contribution in [3.63, 3.8) is 0 Å². The van der Waals surface area contributed by atoms with Gasteiger partial charge in [0.25, 0.3) is 5.69 Å². The van der Waals surface area contributed by atoms with Crippen LogP contribution in [-0.4, -0.2) is 48.3 Å². The van der Waals surface area contributed by atoms with Crippen LogP contribution in [-0.2, 0) is 23.8 Å². The first kappa shape index (κ1) is 27.5. The van der Waals surface area contributed by atoms with Crippen LogP contribution in [0.3, 0.4) is 0 Å². The van der Waals surface area contributed by atoms with Gasteiger partial charge in [-0.2, -0.15) is 0 Å². The Morgan fingerprint density at radius 1 is 1.00 bits per heavy atom. The number of methoxy groups -OCH3 is 1. The van der Waals surface area contributed by atoms with Gasteiger partial charge in [0.05, 0.1) is 36.9 Å². The summed E-state index contributed by atoms with van der Waals surface area (Å²) in [6, 6.07) is 11.6. The molecule has 2 aromatic rings. The number of aliphatic hydroxyl groups is 1. The highest BCUT2D eigenvalue weighted by Gasteiger charge is 2.48. The molecule has 0 aromatic heterocycles. The number of para-hydroxylation sites is 1. The summed E-state index contributed by atoms with van der Waals surface area (Å²) in [5.74, 6) is -3.39. The summed E-state index contributed by atoms with van der Waals surface area (Å²) in [6.45, 7) is 4.50. The first-order valence-corrected chi connectivity index (χ1v) is 11.0. The zero-order valence-corrected chi connectivity index (χ0v) is 20.1. The molecule has 0 bridgehead atoms. The standard InChI is InChI=1S/C25H29NO9/c1-5-34-23(29)25(3,24(30)35-6-2)15-19(18-9-7-8-10-20(18)26(31)32)21(27)16-11-13-17(14-12-16)22(28)33-4/h7-14,19,21,27H,5-6,15H2,1-4H3. The van der Waals surface area contributed by atoms with Gasteiger partial charge < -0.3 is 19.3 Å². The Morgan fingerprint density at radius 2 is 1.54 bits per heavy atom. The van der Waals surface area contributed by atoms with Crippen molar-refractivity contribution in [3.05, 3.63) is 75.3 Å². The molecule has 0 radical (unpaired) electrons. The average molecular weight is 488 g/mol. The van der Waals surface area contributed by atoms with Crippen LogP contribution in [0.4, 0.5) is 5.69 Å². The third-order valence-corrected chi connectivity index (χ3v) is 5.67. The van der Waals surface area contributed by atoms with Gasteiger partial charge in [0, 0.05) is 17.5 Å². The molecule has 0 amide bonds. The van der Waals surface area contributed by atoms with E-state index in [4.69, 9.17) is 9.47 Å². The highest BCUT2D eigenvalue weighted by molar-refractivity contribution is 5.99. The van der Waals surface area contributed by atoms with E-state index in [0.717, 1.165) is 0 Å². The van der Waals surface area contributed by atoms with Gasteiger partial charge in [-0.3, -0.25) is 19.7 Å². The van der Waals surface area contributed by atoms with Crippen LogP contribution in [0.1, 0.15) is 60.7 Å². The molecule has 2 aromatic carbocycles. The lowest BCUT2D eigenvalue weighted by Crippen LogP contribution is -2.41. The quantitative estimate of drug-likeness (QED) is 0.165. The Hall–Kier alpha value is -3.79. The molecule has 0 saturated heterocycles. The molecule has 1 N–H and O–H groups in total. The molecule has 2 rings (SSSR count). The van der Waals surface area contributed by atoms with Crippen LogP contribution in [0.25, 0.3) is 0 Å². The molecule has 2 unspecified atom stereocenters. The zero-order chi connectivity index (χ0) is 26.2. The number of ether oxygens (including phenoxy) is 3. The minimum atomic E-state index is -1.85. The van der Waals surface area contributed by atoms with E-state index >= 15 is 0 Å². The second-order valence-electron chi connectivity index (χ2n) is 7.96. The van der Waals surface area contributed by atoms with Gasteiger partial charge in [-0.25, -0.2) is 4.79 Å². The Labute approximate surface area is 203 Å². The molecule has 0 spiro atoms. The molecule has 0 aliphatic rings. The lowest BCUT2D eigenvalue weighted by atomic mass is 9.74. The number of nitrogens with zero attached hydrogens (tertiary/aromatic N) is 1. The number of nitro groups is 1. The van der Waals surface area contributed by atoms with Gasteiger partial charge in [-0.05, 0) is 44.9 Å². The molecule has 2 atom stereocenters. The van der Waals surface area contributed by atoms with Gasteiger partial charge in [0.15, 0.2) is 5.41 Å². The van der Waals surface area contributed by atoms with Gasteiger partial charge in [-0.15, -0.1) is 0 Å². The number of nitro benzene ring substituents is 1. The van der Waals surface area contributed by atoms with E-state index in [9.17, 15) is 29.6 Å². The Morgan fingerprint density at radius 3 is 2.03 bits per heavy atom. The van der Waals surface area contributed by atoms with Crippen LogP contribution in [0, 0.1) is 15.5 Å². The maximum atomic E-state index is 12.9. The maximum absolute atomic E-state index is 12.9. The summed E-state index contributed by atoms with van der Waals surface area (Å²) in [5, 5.41) is 23.1. The summed E-state index contributed by atoms with van der Waals surface area (Å²) in [5.41, 5.74) is -1.45. The summed E-state index contributed by atoms with van der Waals surface area (Å²) < 4.78 is 14.9. The van der Waals surface area contributed by atoms with Crippen molar-refractivity contribution < 1.29 is 38.6 Å². The minimum absolute atomic E-state index is 0.00151. The van der Waals surface area contributed by atoms with Crippen LogP contribution in [0.2, 0.25) is 0 Å². The van der Waals surface area contributed by atoms with E-state index in [-0.39, 0.29) is 36.4 Å². The number of rotatable bonds is 11. The summed E-state index contributed by atoms with van der Waals surface area (Å²) in [4.78, 5) is 48.7. The van der Waals surface area contributed by atoms with Crippen LogP contribution in [0.15, 0.2) is 48.5 Å². The molecule has 0 aliphatic heterocycles. The van der Waals surface area contributed by atoms with Gasteiger partial charge in [0.2, 0.25) is 0 Å². The first-order chi connectivity index (χ1) is 16.6.